The molecule has 0 aliphatic rings. The molecule has 0 fully saturated rings. The fourth-order valence-electron chi connectivity index (χ4n) is 1.20. The Morgan fingerprint density at radius 2 is 2.00 bits per heavy atom. The van der Waals surface area contributed by atoms with Gasteiger partial charge in [-0.05, 0) is 20.3 Å². The van der Waals surface area contributed by atoms with E-state index in [0.717, 1.165) is 6.42 Å². The van der Waals surface area contributed by atoms with E-state index in [-0.39, 0.29) is 18.5 Å². The van der Waals surface area contributed by atoms with Gasteiger partial charge in [-0.15, -0.1) is 0 Å². The second-order valence-corrected chi connectivity index (χ2v) is 3.67. The second-order valence-electron chi connectivity index (χ2n) is 3.67. The first-order valence-electron chi connectivity index (χ1n) is 5.27. The number of Topliss-reactive ketones (excluding diaryl/α,β-unsaturated/α-hetero) is 1. The Hall–Kier alpha value is -0.370. The topological polar surface area (TPSA) is 26.3 Å². The molecule has 0 saturated heterocycles. The number of carbonyl (C=O) groups excluding carboxylic acids is 1. The first kappa shape index (κ1) is 12.6. The number of ketones is 1. The van der Waals surface area contributed by atoms with Crippen molar-refractivity contribution >= 4 is 5.78 Å². The van der Waals surface area contributed by atoms with Gasteiger partial charge in [0.1, 0.15) is 6.61 Å². The van der Waals surface area contributed by atoms with Crippen molar-refractivity contribution in [2.45, 2.75) is 59.0 Å². The van der Waals surface area contributed by atoms with Crippen LogP contribution in [-0.4, -0.2) is 18.5 Å². The van der Waals surface area contributed by atoms with E-state index < -0.39 is 0 Å². The summed E-state index contributed by atoms with van der Waals surface area (Å²) in [5.41, 5.74) is 0. The Kier molecular flexibility index (Phi) is 8.00. The Morgan fingerprint density at radius 3 is 2.54 bits per heavy atom. The number of rotatable bonds is 8. The van der Waals surface area contributed by atoms with Crippen molar-refractivity contribution in [3.63, 3.8) is 0 Å². The minimum atomic E-state index is 0.111. The number of carbonyl (C=O) groups is 1. The van der Waals surface area contributed by atoms with Gasteiger partial charge in [-0.25, -0.2) is 0 Å². The zero-order valence-electron chi connectivity index (χ0n) is 9.14. The Labute approximate surface area is 81.7 Å². The summed E-state index contributed by atoms with van der Waals surface area (Å²) in [7, 11) is 0. The van der Waals surface area contributed by atoms with E-state index >= 15 is 0 Å². The molecule has 0 radical (unpaired) electrons. The normalized spacial score (nSPS) is 12.8. The van der Waals surface area contributed by atoms with Crippen LogP contribution in [0.15, 0.2) is 0 Å². The van der Waals surface area contributed by atoms with Crippen LogP contribution in [0.2, 0.25) is 0 Å². The third-order valence-electron chi connectivity index (χ3n) is 2.04. The van der Waals surface area contributed by atoms with Crippen molar-refractivity contribution in [3.8, 4) is 0 Å². The maximum Gasteiger partial charge on any atom is 0.155 e. The highest BCUT2D eigenvalue weighted by Crippen LogP contribution is 2.07. The van der Waals surface area contributed by atoms with Crippen molar-refractivity contribution in [2.75, 3.05) is 6.61 Å². The van der Waals surface area contributed by atoms with E-state index in [1.54, 1.807) is 6.92 Å². The van der Waals surface area contributed by atoms with Crippen LogP contribution in [0.25, 0.3) is 0 Å². The summed E-state index contributed by atoms with van der Waals surface area (Å²) in [6, 6.07) is 0. The molecule has 0 aromatic rings. The van der Waals surface area contributed by atoms with Gasteiger partial charge in [0.15, 0.2) is 5.78 Å². The molecule has 0 bridgehead atoms. The molecular weight excluding hydrogens is 164 g/mol. The predicted molar refractivity (Wildman–Crippen MR) is 54.9 cm³/mol. The lowest BCUT2D eigenvalue weighted by Crippen LogP contribution is -2.13. The van der Waals surface area contributed by atoms with Crippen molar-refractivity contribution in [2.24, 2.45) is 0 Å². The quantitative estimate of drug-likeness (QED) is 0.545. The molecule has 1 unspecified atom stereocenters. The monoisotopic (exact) mass is 186 g/mol. The van der Waals surface area contributed by atoms with Gasteiger partial charge >= 0.3 is 0 Å². The fourth-order valence-corrected chi connectivity index (χ4v) is 1.20. The molecule has 0 saturated carbocycles. The van der Waals surface area contributed by atoms with E-state index in [2.05, 4.69) is 6.92 Å². The summed E-state index contributed by atoms with van der Waals surface area (Å²) >= 11 is 0. The molecule has 2 nitrogen and oxygen atoms in total. The summed E-state index contributed by atoms with van der Waals surface area (Å²) < 4.78 is 5.33. The SMILES string of the molecule is CCCCCCC(C)OCC(C)=O. The van der Waals surface area contributed by atoms with Gasteiger partial charge in [-0.3, -0.25) is 4.79 Å². The summed E-state index contributed by atoms with van der Waals surface area (Å²) in [5, 5.41) is 0. The van der Waals surface area contributed by atoms with Crippen LogP contribution in [0, 0.1) is 0 Å². The molecule has 0 N–H and O–H groups in total. The largest absolute Gasteiger partial charge is 0.371 e. The maximum atomic E-state index is 10.6. The molecule has 0 spiro atoms. The van der Waals surface area contributed by atoms with Gasteiger partial charge in [-0.1, -0.05) is 32.6 Å². The molecule has 0 rings (SSSR count). The lowest BCUT2D eigenvalue weighted by atomic mass is 10.1. The van der Waals surface area contributed by atoms with Gasteiger partial charge < -0.3 is 4.74 Å². The van der Waals surface area contributed by atoms with Crippen LogP contribution in [0.4, 0.5) is 0 Å². The molecule has 13 heavy (non-hydrogen) atoms. The van der Waals surface area contributed by atoms with E-state index in [1.807, 2.05) is 6.92 Å². The molecule has 0 aliphatic heterocycles. The van der Waals surface area contributed by atoms with Gasteiger partial charge in [0.25, 0.3) is 0 Å². The van der Waals surface area contributed by atoms with E-state index in [0.29, 0.717) is 0 Å². The van der Waals surface area contributed by atoms with Gasteiger partial charge in [-0.2, -0.15) is 0 Å². The third-order valence-corrected chi connectivity index (χ3v) is 2.04. The maximum absolute atomic E-state index is 10.6. The van der Waals surface area contributed by atoms with Gasteiger partial charge in [0, 0.05) is 0 Å². The lowest BCUT2D eigenvalue weighted by Gasteiger charge is -2.10. The molecule has 0 heterocycles. The molecule has 0 aromatic heterocycles. The molecule has 78 valence electrons. The minimum Gasteiger partial charge on any atom is -0.371 e. The number of ether oxygens (including phenoxy) is 1. The summed E-state index contributed by atoms with van der Waals surface area (Å²) in [5.74, 6) is 0.111. The zero-order chi connectivity index (χ0) is 10.1. The molecule has 0 aromatic carbocycles. The average Bonchev–Trinajstić information content (AvgIpc) is 2.09. The molecular formula is C11H22O2. The van der Waals surface area contributed by atoms with Crippen LogP contribution >= 0.6 is 0 Å². The number of unbranched alkanes of at least 4 members (excludes halogenated alkanes) is 3. The average molecular weight is 186 g/mol. The van der Waals surface area contributed by atoms with Gasteiger partial charge in [0.2, 0.25) is 0 Å². The number of hydrogen-bond donors (Lipinski definition) is 0. The minimum absolute atomic E-state index is 0.111. The second kappa shape index (κ2) is 8.24. The molecule has 1 atom stereocenters. The van der Waals surface area contributed by atoms with Crippen molar-refractivity contribution in [1.82, 2.24) is 0 Å². The first-order chi connectivity index (χ1) is 6.16. The summed E-state index contributed by atoms with van der Waals surface area (Å²) in [6.07, 6.45) is 6.38. The van der Waals surface area contributed by atoms with E-state index in [4.69, 9.17) is 4.74 Å². The summed E-state index contributed by atoms with van der Waals surface area (Å²) in [6.45, 7) is 6.07. The molecule has 2 heteroatoms. The highest BCUT2D eigenvalue weighted by atomic mass is 16.5. The van der Waals surface area contributed by atoms with Crippen LogP contribution in [0.1, 0.15) is 52.9 Å². The Morgan fingerprint density at radius 1 is 1.31 bits per heavy atom. The first-order valence-corrected chi connectivity index (χ1v) is 5.27. The zero-order valence-corrected chi connectivity index (χ0v) is 9.14. The van der Waals surface area contributed by atoms with Crippen LogP contribution < -0.4 is 0 Å². The van der Waals surface area contributed by atoms with Crippen molar-refractivity contribution < 1.29 is 9.53 Å². The third kappa shape index (κ3) is 9.54. The predicted octanol–water partition coefficient (Wildman–Crippen LogP) is 2.95. The lowest BCUT2D eigenvalue weighted by molar-refractivity contribution is -0.123. The Bertz CT molecular complexity index is 132. The van der Waals surface area contributed by atoms with E-state index in [9.17, 15) is 4.79 Å². The molecule has 0 aliphatic carbocycles. The van der Waals surface area contributed by atoms with Gasteiger partial charge in [0.05, 0.1) is 6.10 Å². The smallest absolute Gasteiger partial charge is 0.155 e. The van der Waals surface area contributed by atoms with Crippen LogP contribution in [0.5, 0.6) is 0 Å². The summed E-state index contributed by atoms with van der Waals surface area (Å²) in [4.78, 5) is 10.6. The highest BCUT2D eigenvalue weighted by Gasteiger charge is 2.02. The van der Waals surface area contributed by atoms with E-state index in [1.165, 1.54) is 25.7 Å². The number of hydrogen-bond acceptors (Lipinski definition) is 2. The highest BCUT2D eigenvalue weighted by molar-refractivity contribution is 5.76. The molecule has 0 amide bonds. The standard InChI is InChI=1S/C11H22O2/c1-4-5-6-7-8-11(3)13-9-10(2)12/h11H,4-9H2,1-3H3. The van der Waals surface area contributed by atoms with Crippen LogP contribution in [0.3, 0.4) is 0 Å². The van der Waals surface area contributed by atoms with Crippen molar-refractivity contribution in [1.29, 1.82) is 0 Å². The van der Waals surface area contributed by atoms with Crippen molar-refractivity contribution in [3.05, 3.63) is 0 Å². The van der Waals surface area contributed by atoms with Crippen LogP contribution in [-0.2, 0) is 9.53 Å². The Balaban J connectivity index is 3.19. The fraction of sp³-hybridized carbons (Fsp3) is 0.909.